The van der Waals surface area contributed by atoms with E-state index in [4.69, 9.17) is 5.11 Å². The van der Waals surface area contributed by atoms with E-state index in [0.29, 0.717) is 0 Å². The second-order valence-electron chi connectivity index (χ2n) is 4.07. The van der Waals surface area contributed by atoms with Crippen molar-refractivity contribution in [2.75, 3.05) is 17.2 Å². The number of aromatic amines is 1. The second kappa shape index (κ2) is 4.57. The maximum absolute atomic E-state index is 12.5. The minimum atomic E-state index is -4.67. The summed E-state index contributed by atoms with van der Waals surface area (Å²) in [5.41, 5.74) is 0. The van der Waals surface area contributed by atoms with Crippen molar-refractivity contribution in [1.29, 1.82) is 0 Å². The highest BCUT2D eigenvalue weighted by atomic mass is 32.3. The molecule has 1 fully saturated rings. The van der Waals surface area contributed by atoms with Gasteiger partial charge in [0, 0.05) is 18.9 Å². The summed E-state index contributed by atoms with van der Waals surface area (Å²) < 4.78 is 33.6. The molecule has 1 aromatic rings. The number of carboxylic acid groups (broad SMARTS) is 1. The van der Waals surface area contributed by atoms with Crippen molar-refractivity contribution in [3.05, 3.63) is 5.82 Å². The molecule has 0 saturated carbocycles. The number of aromatic nitrogens is 3. The van der Waals surface area contributed by atoms with Crippen molar-refractivity contribution >= 4 is 28.0 Å². The molecule has 104 valence electrons. The van der Waals surface area contributed by atoms with Crippen LogP contribution in [0.5, 0.6) is 0 Å². The Hall–Kier alpha value is -2.04. The van der Waals surface area contributed by atoms with Gasteiger partial charge in [-0.3, -0.25) is 14.8 Å². The number of hydrogen-bond acceptors (Lipinski definition) is 6. The number of anilines is 1. The van der Waals surface area contributed by atoms with Crippen molar-refractivity contribution in [2.24, 2.45) is 5.92 Å². The number of amides is 1. The maximum Gasteiger partial charge on any atom is 0.373 e. The molecule has 19 heavy (non-hydrogen) atoms. The molecule has 1 unspecified atom stereocenters. The molecule has 0 bridgehead atoms. The first-order chi connectivity index (χ1) is 8.76. The lowest BCUT2D eigenvalue weighted by molar-refractivity contribution is -0.117. The monoisotopic (exact) mass is 292 g/mol. The van der Waals surface area contributed by atoms with E-state index in [9.17, 15) is 21.9 Å². The minimum Gasteiger partial charge on any atom is -0.475 e. The number of hydrogen-bond donors (Lipinski definition) is 2. The molecule has 1 atom stereocenters. The zero-order valence-corrected chi connectivity index (χ0v) is 10.2. The molecular formula is C8H9FN4O5S. The highest BCUT2D eigenvalue weighted by Crippen LogP contribution is 2.23. The Bertz CT molecular complexity index is 627. The van der Waals surface area contributed by atoms with E-state index in [-0.39, 0.29) is 18.9 Å². The first-order valence-corrected chi connectivity index (χ1v) is 6.70. The summed E-state index contributed by atoms with van der Waals surface area (Å²) >= 11 is 0. The number of nitrogens with one attached hydrogen (secondary N) is 1. The Labute approximate surface area is 106 Å². The molecule has 9 nitrogen and oxygen atoms in total. The highest BCUT2D eigenvalue weighted by Gasteiger charge is 2.35. The number of rotatable bonds is 4. The molecule has 1 saturated heterocycles. The summed E-state index contributed by atoms with van der Waals surface area (Å²) in [4.78, 5) is 26.8. The lowest BCUT2D eigenvalue weighted by Crippen LogP contribution is -2.26. The SMILES string of the molecule is O=C(O)c1nc(N2CC(CS(=O)(=O)F)CC2=O)n[nH]1. The molecule has 1 aromatic heterocycles. The fraction of sp³-hybridized carbons (Fsp3) is 0.500. The van der Waals surface area contributed by atoms with Gasteiger partial charge in [-0.25, -0.2) is 4.79 Å². The average molecular weight is 292 g/mol. The number of carboxylic acids is 1. The van der Waals surface area contributed by atoms with Crippen LogP contribution in [0.1, 0.15) is 17.0 Å². The number of halogens is 1. The third-order valence-electron chi connectivity index (χ3n) is 2.56. The Kier molecular flexibility index (Phi) is 3.22. The van der Waals surface area contributed by atoms with Crippen LogP contribution in [0.15, 0.2) is 0 Å². The third kappa shape index (κ3) is 3.05. The largest absolute Gasteiger partial charge is 0.475 e. The molecule has 2 N–H and O–H groups in total. The van der Waals surface area contributed by atoms with Crippen LogP contribution >= 0.6 is 0 Å². The topological polar surface area (TPSA) is 133 Å². The third-order valence-corrected chi connectivity index (χ3v) is 3.43. The summed E-state index contributed by atoms with van der Waals surface area (Å²) in [7, 11) is -4.67. The zero-order chi connectivity index (χ0) is 14.2. The second-order valence-corrected chi connectivity index (χ2v) is 5.48. The zero-order valence-electron chi connectivity index (χ0n) is 9.41. The lowest BCUT2D eigenvalue weighted by Gasteiger charge is -2.10. The molecule has 11 heteroatoms. The smallest absolute Gasteiger partial charge is 0.373 e. The Balaban J connectivity index is 2.13. The van der Waals surface area contributed by atoms with Crippen molar-refractivity contribution in [3.63, 3.8) is 0 Å². The fourth-order valence-electron chi connectivity index (χ4n) is 1.84. The number of carbonyl (C=O) groups excluding carboxylic acids is 1. The van der Waals surface area contributed by atoms with Gasteiger partial charge in [-0.05, 0) is 0 Å². The van der Waals surface area contributed by atoms with Crippen molar-refractivity contribution in [2.45, 2.75) is 6.42 Å². The molecule has 0 aliphatic carbocycles. The van der Waals surface area contributed by atoms with E-state index in [1.54, 1.807) is 0 Å². The highest BCUT2D eigenvalue weighted by molar-refractivity contribution is 7.86. The summed E-state index contributed by atoms with van der Waals surface area (Å²) in [5.74, 6) is -3.89. The average Bonchev–Trinajstić information content (AvgIpc) is 2.82. The van der Waals surface area contributed by atoms with Crippen molar-refractivity contribution in [3.8, 4) is 0 Å². The summed E-state index contributed by atoms with van der Waals surface area (Å²) in [6.45, 7) is -0.0705. The lowest BCUT2D eigenvalue weighted by atomic mass is 10.1. The summed E-state index contributed by atoms with van der Waals surface area (Å²) in [6.07, 6.45) is -0.153. The molecule has 2 heterocycles. The van der Waals surface area contributed by atoms with E-state index in [0.717, 1.165) is 4.90 Å². The van der Waals surface area contributed by atoms with Gasteiger partial charge >= 0.3 is 16.2 Å². The van der Waals surface area contributed by atoms with Crippen molar-refractivity contribution in [1.82, 2.24) is 15.2 Å². The van der Waals surface area contributed by atoms with E-state index in [2.05, 4.69) is 15.2 Å². The van der Waals surface area contributed by atoms with Gasteiger partial charge in [0.25, 0.3) is 5.95 Å². The fourth-order valence-corrected chi connectivity index (χ4v) is 2.62. The Morgan fingerprint density at radius 2 is 2.26 bits per heavy atom. The van der Waals surface area contributed by atoms with Crippen LogP contribution in [0.2, 0.25) is 0 Å². The quantitative estimate of drug-likeness (QED) is 0.691. The molecule has 0 aromatic carbocycles. The van der Waals surface area contributed by atoms with Gasteiger partial charge in [0.15, 0.2) is 0 Å². The van der Waals surface area contributed by atoms with Crippen LogP contribution < -0.4 is 4.90 Å². The van der Waals surface area contributed by atoms with Crippen LogP contribution in [-0.4, -0.2) is 52.9 Å². The standard InChI is InChI=1S/C8H9FN4O5S/c9-19(17,18)3-4-1-5(14)13(2-4)8-10-6(7(15)16)11-12-8/h4H,1-3H2,(H,15,16)(H,10,11,12). The predicted molar refractivity (Wildman–Crippen MR) is 58.7 cm³/mol. The number of H-pyrrole nitrogens is 1. The van der Waals surface area contributed by atoms with Gasteiger partial charge in [-0.1, -0.05) is 0 Å². The van der Waals surface area contributed by atoms with Crippen LogP contribution in [0.25, 0.3) is 0 Å². The van der Waals surface area contributed by atoms with Gasteiger partial charge in [-0.2, -0.15) is 13.4 Å². The summed E-state index contributed by atoms with van der Waals surface area (Å²) in [6, 6.07) is 0. The Morgan fingerprint density at radius 1 is 1.58 bits per heavy atom. The maximum atomic E-state index is 12.5. The molecule has 1 aliphatic rings. The van der Waals surface area contributed by atoms with Crippen LogP contribution in [0.3, 0.4) is 0 Å². The van der Waals surface area contributed by atoms with Crippen LogP contribution in [-0.2, 0) is 15.0 Å². The molecule has 0 spiro atoms. The van der Waals surface area contributed by atoms with Gasteiger partial charge < -0.3 is 5.11 Å². The molecular weight excluding hydrogens is 283 g/mol. The van der Waals surface area contributed by atoms with Crippen LogP contribution in [0, 0.1) is 5.92 Å². The van der Waals surface area contributed by atoms with Crippen molar-refractivity contribution < 1.29 is 27.0 Å². The van der Waals surface area contributed by atoms with E-state index in [1.807, 2.05) is 0 Å². The van der Waals surface area contributed by atoms with Gasteiger partial charge in [-0.15, -0.1) is 8.98 Å². The number of nitrogens with zero attached hydrogens (tertiary/aromatic N) is 3. The van der Waals surface area contributed by atoms with Gasteiger partial charge in [0.05, 0.1) is 5.75 Å². The van der Waals surface area contributed by atoms with E-state index in [1.165, 1.54) is 0 Å². The van der Waals surface area contributed by atoms with Gasteiger partial charge in [0.2, 0.25) is 11.7 Å². The minimum absolute atomic E-state index is 0.0705. The summed E-state index contributed by atoms with van der Waals surface area (Å²) in [5, 5.41) is 14.3. The normalized spacial score (nSPS) is 19.9. The molecule has 1 aliphatic heterocycles. The number of aromatic carboxylic acids is 1. The predicted octanol–water partition coefficient (Wildman–Crippen LogP) is -0.845. The Morgan fingerprint density at radius 3 is 2.79 bits per heavy atom. The van der Waals surface area contributed by atoms with E-state index >= 15 is 0 Å². The first-order valence-electron chi connectivity index (χ1n) is 5.14. The first kappa shape index (κ1) is 13.4. The van der Waals surface area contributed by atoms with Gasteiger partial charge in [0.1, 0.15) is 0 Å². The molecule has 2 rings (SSSR count). The number of carbonyl (C=O) groups is 2. The molecule has 1 amide bonds. The van der Waals surface area contributed by atoms with E-state index < -0.39 is 39.6 Å². The molecule has 0 radical (unpaired) electrons. The van der Waals surface area contributed by atoms with Crippen LogP contribution in [0.4, 0.5) is 9.83 Å².